The molecular weight excluding hydrogens is 336 g/mol. The number of nitro benzene ring substituents is 2. The van der Waals surface area contributed by atoms with Crippen molar-refractivity contribution in [3.05, 3.63) is 38.4 Å². The maximum Gasteiger partial charge on any atom is 0.277 e. The molecule has 10 heteroatoms. The van der Waals surface area contributed by atoms with Gasteiger partial charge in [-0.25, -0.2) is 0 Å². The highest BCUT2D eigenvalue weighted by molar-refractivity contribution is 7.99. The second-order valence-electron chi connectivity index (χ2n) is 5.03. The SMILES string of the molecule is CCCCCCSc1nnc(-c2cc([N+](=O)[O-])cc([N+](=O)[O-])c2)o1. The van der Waals surface area contributed by atoms with E-state index in [1.165, 1.54) is 30.3 Å². The van der Waals surface area contributed by atoms with Gasteiger partial charge in [0.05, 0.1) is 21.5 Å². The van der Waals surface area contributed by atoms with Gasteiger partial charge in [-0.05, 0) is 6.42 Å². The minimum Gasteiger partial charge on any atom is -0.411 e. The Balaban J connectivity index is 2.14. The Labute approximate surface area is 141 Å². The van der Waals surface area contributed by atoms with Crippen LogP contribution in [0, 0.1) is 20.2 Å². The monoisotopic (exact) mass is 352 g/mol. The molecule has 2 aromatic rings. The second kappa shape index (κ2) is 8.39. The third-order valence-electron chi connectivity index (χ3n) is 3.20. The van der Waals surface area contributed by atoms with Crippen LogP contribution in [0.3, 0.4) is 0 Å². The molecule has 0 amide bonds. The summed E-state index contributed by atoms with van der Waals surface area (Å²) in [5.74, 6) is 0.856. The molecule has 0 unspecified atom stereocenters. The van der Waals surface area contributed by atoms with Crippen LogP contribution in [0.15, 0.2) is 27.8 Å². The van der Waals surface area contributed by atoms with Gasteiger partial charge in [-0.1, -0.05) is 37.9 Å². The van der Waals surface area contributed by atoms with Crippen LogP contribution in [-0.4, -0.2) is 25.8 Å². The summed E-state index contributed by atoms with van der Waals surface area (Å²) < 4.78 is 5.44. The Morgan fingerprint density at radius 2 is 1.71 bits per heavy atom. The molecule has 0 atom stereocenters. The van der Waals surface area contributed by atoms with Gasteiger partial charge in [0.1, 0.15) is 0 Å². The number of nitrogens with zero attached hydrogens (tertiary/aromatic N) is 4. The lowest BCUT2D eigenvalue weighted by Gasteiger charge is -1.98. The molecule has 0 aliphatic rings. The van der Waals surface area contributed by atoms with Crippen molar-refractivity contribution < 1.29 is 14.3 Å². The Hall–Kier alpha value is -2.49. The lowest BCUT2D eigenvalue weighted by atomic mass is 10.2. The molecule has 0 N–H and O–H groups in total. The average molecular weight is 352 g/mol. The van der Waals surface area contributed by atoms with Crippen LogP contribution < -0.4 is 0 Å². The highest BCUT2D eigenvalue weighted by atomic mass is 32.2. The lowest BCUT2D eigenvalue weighted by molar-refractivity contribution is -0.394. The third kappa shape index (κ3) is 4.75. The van der Waals surface area contributed by atoms with Gasteiger partial charge in [0.2, 0.25) is 5.89 Å². The van der Waals surface area contributed by atoms with E-state index >= 15 is 0 Å². The average Bonchev–Trinajstić information content (AvgIpc) is 3.03. The van der Waals surface area contributed by atoms with Crippen molar-refractivity contribution in [3.63, 3.8) is 0 Å². The van der Waals surface area contributed by atoms with Crippen LogP contribution in [-0.2, 0) is 0 Å². The molecule has 0 fully saturated rings. The summed E-state index contributed by atoms with van der Waals surface area (Å²) in [7, 11) is 0. The normalized spacial score (nSPS) is 10.7. The number of rotatable bonds is 9. The lowest BCUT2D eigenvalue weighted by Crippen LogP contribution is -1.94. The number of non-ortho nitro benzene ring substituents is 2. The van der Waals surface area contributed by atoms with Crippen molar-refractivity contribution in [2.45, 2.75) is 37.8 Å². The van der Waals surface area contributed by atoms with E-state index < -0.39 is 21.2 Å². The molecular formula is C14H16N4O5S. The van der Waals surface area contributed by atoms with Gasteiger partial charge in [-0.2, -0.15) is 0 Å². The molecule has 0 bridgehead atoms. The fourth-order valence-electron chi connectivity index (χ4n) is 2.00. The van der Waals surface area contributed by atoms with E-state index in [1.807, 2.05) is 0 Å². The van der Waals surface area contributed by atoms with Gasteiger partial charge in [0.25, 0.3) is 16.6 Å². The Morgan fingerprint density at radius 3 is 2.29 bits per heavy atom. The molecule has 1 heterocycles. The fourth-order valence-corrected chi connectivity index (χ4v) is 2.76. The molecule has 0 aliphatic heterocycles. The van der Waals surface area contributed by atoms with Gasteiger partial charge in [0, 0.05) is 17.9 Å². The molecule has 1 aromatic heterocycles. The van der Waals surface area contributed by atoms with Gasteiger partial charge < -0.3 is 4.42 Å². The first-order chi connectivity index (χ1) is 11.5. The molecule has 2 rings (SSSR count). The van der Waals surface area contributed by atoms with E-state index in [0.29, 0.717) is 5.22 Å². The highest BCUT2D eigenvalue weighted by Gasteiger charge is 2.20. The van der Waals surface area contributed by atoms with Gasteiger partial charge in [-0.15, -0.1) is 10.2 Å². The minimum atomic E-state index is -0.698. The van der Waals surface area contributed by atoms with Crippen LogP contribution in [0.25, 0.3) is 11.5 Å². The molecule has 0 spiro atoms. The van der Waals surface area contributed by atoms with Crippen LogP contribution in [0.4, 0.5) is 11.4 Å². The van der Waals surface area contributed by atoms with Crippen molar-refractivity contribution in [1.29, 1.82) is 0 Å². The fraction of sp³-hybridized carbons (Fsp3) is 0.429. The summed E-state index contributed by atoms with van der Waals surface area (Å²) in [4.78, 5) is 20.4. The summed E-state index contributed by atoms with van der Waals surface area (Å²) >= 11 is 1.40. The number of hydrogen-bond donors (Lipinski definition) is 0. The van der Waals surface area contributed by atoms with Crippen molar-refractivity contribution in [2.75, 3.05) is 5.75 Å². The van der Waals surface area contributed by atoms with Gasteiger partial charge >= 0.3 is 0 Å². The summed E-state index contributed by atoms with van der Waals surface area (Å²) in [5, 5.41) is 29.8. The van der Waals surface area contributed by atoms with Crippen LogP contribution in [0.2, 0.25) is 0 Å². The molecule has 1 aromatic carbocycles. The zero-order chi connectivity index (χ0) is 17.5. The summed E-state index contributed by atoms with van der Waals surface area (Å²) in [6, 6.07) is 3.25. The van der Waals surface area contributed by atoms with E-state index in [1.54, 1.807) is 0 Å². The number of hydrogen-bond acceptors (Lipinski definition) is 8. The molecule has 0 saturated carbocycles. The van der Waals surface area contributed by atoms with Gasteiger partial charge in [-0.3, -0.25) is 20.2 Å². The zero-order valence-corrected chi connectivity index (χ0v) is 13.8. The highest BCUT2D eigenvalue weighted by Crippen LogP contribution is 2.30. The van der Waals surface area contributed by atoms with Gasteiger partial charge in [0.15, 0.2) is 0 Å². The first-order valence-corrected chi connectivity index (χ1v) is 8.40. The largest absolute Gasteiger partial charge is 0.411 e. The van der Waals surface area contributed by atoms with E-state index in [2.05, 4.69) is 17.1 Å². The van der Waals surface area contributed by atoms with Crippen molar-refractivity contribution in [2.24, 2.45) is 0 Å². The molecule has 24 heavy (non-hydrogen) atoms. The smallest absolute Gasteiger partial charge is 0.277 e. The first-order valence-electron chi connectivity index (χ1n) is 7.41. The summed E-state index contributed by atoms with van der Waals surface area (Å²) in [5.41, 5.74) is -0.640. The Kier molecular flexibility index (Phi) is 6.24. The Bertz CT molecular complexity index is 701. The minimum absolute atomic E-state index is 0.0258. The number of thioether (sulfide) groups is 1. The number of aromatic nitrogens is 2. The van der Waals surface area contributed by atoms with Crippen LogP contribution >= 0.6 is 11.8 Å². The summed E-state index contributed by atoms with van der Waals surface area (Å²) in [6.45, 7) is 2.13. The van der Waals surface area contributed by atoms with E-state index in [4.69, 9.17) is 4.42 Å². The first kappa shape index (κ1) is 17.9. The van der Waals surface area contributed by atoms with E-state index in [-0.39, 0.29) is 11.5 Å². The van der Waals surface area contributed by atoms with E-state index in [9.17, 15) is 20.2 Å². The third-order valence-corrected chi connectivity index (χ3v) is 4.11. The van der Waals surface area contributed by atoms with Crippen molar-refractivity contribution in [1.82, 2.24) is 10.2 Å². The maximum absolute atomic E-state index is 10.9. The van der Waals surface area contributed by atoms with Crippen molar-refractivity contribution >= 4 is 23.1 Å². The summed E-state index contributed by atoms with van der Waals surface area (Å²) in [6.07, 6.45) is 4.48. The second-order valence-corrected chi connectivity index (χ2v) is 6.08. The van der Waals surface area contributed by atoms with Crippen LogP contribution in [0.1, 0.15) is 32.6 Å². The predicted molar refractivity (Wildman–Crippen MR) is 87.9 cm³/mol. The number of benzene rings is 1. The molecule has 0 aliphatic carbocycles. The standard InChI is InChI=1S/C14H16N4O5S/c1-2-3-4-5-6-24-14-16-15-13(23-14)10-7-11(17(19)20)9-12(8-10)18(21)22/h7-9H,2-6H2,1H3. The topological polar surface area (TPSA) is 125 Å². The number of unbranched alkanes of at least 4 members (excludes halogenated alkanes) is 3. The molecule has 0 saturated heterocycles. The molecule has 9 nitrogen and oxygen atoms in total. The number of nitro groups is 2. The zero-order valence-electron chi connectivity index (χ0n) is 13.0. The van der Waals surface area contributed by atoms with Crippen LogP contribution in [0.5, 0.6) is 0 Å². The molecule has 0 radical (unpaired) electrons. The van der Waals surface area contributed by atoms with Crippen molar-refractivity contribution in [3.8, 4) is 11.5 Å². The maximum atomic E-state index is 10.9. The predicted octanol–water partition coefficient (Wildman–Crippen LogP) is 4.23. The molecule has 128 valence electrons. The Morgan fingerprint density at radius 1 is 1.04 bits per heavy atom. The quantitative estimate of drug-likeness (QED) is 0.284. The van der Waals surface area contributed by atoms with E-state index in [0.717, 1.165) is 31.1 Å².